The van der Waals surface area contributed by atoms with Gasteiger partial charge in [-0.1, -0.05) is 28.1 Å². The van der Waals surface area contributed by atoms with Crippen molar-refractivity contribution in [2.24, 2.45) is 5.73 Å². The smallest absolute Gasteiger partial charge is 0.243 e. The zero-order valence-electron chi connectivity index (χ0n) is 11.1. The van der Waals surface area contributed by atoms with Crippen LogP contribution in [0, 0.1) is 0 Å². The van der Waals surface area contributed by atoms with Crippen LogP contribution in [-0.2, 0) is 16.6 Å². The van der Waals surface area contributed by atoms with Gasteiger partial charge >= 0.3 is 0 Å². The Morgan fingerprint density at radius 3 is 2.43 bits per heavy atom. The predicted molar refractivity (Wildman–Crippen MR) is 92.8 cm³/mol. The van der Waals surface area contributed by atoms with E-state index < -0.39 is 10.0 Å². The van der Waals surface area contributed by atoms with E-state index in [9.17, 15) is 8.42 Å². The lowest BCUT2D eigenvalue weighted by Gasteiger charge is -2.14. The maximum atomic E-state index is 12.4. The summed E-state index contributed by atoms with van der Waals surface area (Å²) in [4.78, 5) is 1.05. The molecule has 0 amide bonds. The molecule has 0 aliphatic carbocycles. The van der Waals surface area contributed by atoms with E-state index in [0.717, 1.165) is 14.9 Å². The number of sulfonamides is 1. The topological polar surface area (TPSA) is 72.2 Å². The molecule has 2 aromatic rings. The number of hydrogen-bond donors (Lipinski definition) is 2. The first-order valence-corrected chi connectivity index (χ1v) is 9.98. The summed E-state index contributed by atoms with van der Waals surface area (Å²) < 4.78 is 29.1. The van der Waals surface area contributed by atoms with Gasteiger partial charge in [0.15, 0.2) is 0 Å². The predicted octanol–water partition coefficient (Wildman–Crippen LogP) is 3.77. The Hall–Kier alpha value is -0.250. The zero-order chi connectivity index (χ0) is 15.6. The molecule has 1 unspecified atom stereocenters. The van der Waals surface area contributed by atoms with Gasteiger partial charge in [0.25, 0.3) is 0 Å². The molecule has 0 fully saturated rings. The van der Waals surface area contributed by atoms with E-state index in [4.69, 9.17) is 5.73 Å². The SMILES string of the molecule is CC(NS(=O)(=O)c1cc(CN)sc1Br)c1ccc(Br)cc1. The molecule has 1 heterocycles. The van der Waals surface area contributed by atoms with Gasteiger partial charge in [0.05, 0.1) is 3.79 Å². The number of halogens is 2. The first-order valence-electron chi connectivity index (χ1n) is 6.09. The van der Waals surface area contributed by atoms with Crippen LogP contribution in [0.5, 0.6) is 0 Å². The summed E-state index contributed by atoms with van der Waals surface area (Å²) in [5.41, 5.74) is 6.45. The highest BCUT2D eigenvalue weighted by Crippen LogP contribution is 2.32. The molecule has 1 aromatic heterocycles. The zero-order valence-corrected chi connectivity index (χ0v) is 15.9. The van der Waals surface area contributed by atoms with Crippen molar-refractivity contribution in [2.75, 3.05) is 0 Å². The normalized spacial score (nSPS) is 13.3. The number of benzene rings is 1. The molecular formula is C13H14Br2N2O2S2. The first-order chi connectivity index (χ1) is 9.83. The van der Waals surface area contributed by atoms with Crippen LogP contribution >= 0.6 is 43.2 Å². The van der Waals surface area contributed by atoms with Gasteiger partial charge in [-0.05, 0) is 46.6 Å². The molecule has 0 aliphatic rings. The van der Waals surface area contributed by atoms with Crippen molar-refractivity contribution >= 4 is 53.2 Å². The number of thiophene rings is 1. The third-order valence-corrected chi connectivity index (χ3v) is 7.24. The summed E-state index contributed by atoms with van der Waals surface area (Å²) in [6.07, 6.45) is 0. The van der Waals surface area contributed by atoms with Gasteiger partial charge in [-0.2, -0.15) is 0 Å². The van der Waals surface area contributed by atoms with Crippen molar-refractivity contribution in [1.29, 1.82) is 0 Å². The molecule has 0 bridgehead atoms. The minimum atomic E-state index is -3.59. The van der Waals surface area contributed by atoms with Crippen molar-refractivity contribution in [1.82, 2.24) is 4.72 Å². The van der Waals surface area contributed by atoms with E-state index in [2.05, 4.69) is 36.6 Å². The van der Waals surface area contributed by atoms with E-state index in [1.807, 2.05) is 31.2 Å². The first kappa shape index (κ1) is 17.1. The fourth-order valence-corrected chi connectivity index (χ4v) is 5.85. The van der Waals surface area contributed by atoms with Gasteiger partial charge in [-0.15, -0.1) is 11.3 Å². The number of nitrogens with one attached hydrogen (secondary N) is 1. The van der Waals surface area contributed by atoms with Gasteiger partial charge in [0.2, 0.25) is 10.0 Å². The third-order valence-electron chi connectivity index (χ3n) is 2.90. The average Bonchev–Trinajstić information content (AvgIpc) is 2.81. The maximum Gasteiger partial charge on any atom is 0.243 e. The van der Waals surface area contributed by atoms with E-state index in [1.54, 1.807) is 6.07 Å². The molecule has 0 saturated heterocycles. The molecule has 1 aromatic carbocycles. The molecular weight excluding hydrogens is 440 g/mol. The summed E-state index contributed by atoms with van der Waals surface area (Å²) in [5.74, 6) is 0. The summed E-state index contributed by atoms with van der Waals surface area (Å²) in [5, 5.41) is 0. The molecule has 1 atom stereocenters. The van der Waals surface area contributed by atoms with Crippen molar-refractivity contribution in [3.8, 4) is 0 Å². The minimum Gasteiger partial charge on any atom is -0.326 e. The Kier molecular flexibility index (Phi) is 5.61. The van der Waals surface area contributed by atoms with Crippen LogP contribution in [0.3, 0.4) is 0 Å². The van der Waals surface area contributed by atoms with E-state index in [0.29, 0.717) is 10.3 Å². The third kappa shape index (κ3) is 4.14. The van der Waals surface area contributed by atoms with Crippen LogP contribution in [0.25, 0.3) is 0 Å². The average molecular weight is 454 g/mol. The second-order valence-electron chi connectivity index (χ2n) is 4.45. The molecule has 4 nitrogen and oxygen atoms in total. The fraction of sp³-hybridized carbons (Fsp3) is 0.231. The van der Waals surface area contributed by atoms with Crippen molar-refractivity contribution in [3.05, 3.63) is 49.0 Å². The van der Waals surface area contributed by atoms with Crippen molar-refractivity contribution in [3.63, 3.8) is 0 Å². The molecule has 8 heteroatoms. The molecule has 3 N–H and O–H groups in total. The Morgan fingerprint density at radius 1 is 1.29 bits per heavy atom. The number of hydrogen-bond acceptors (Lipinski definition) is 4. The monoisotopic (exact) mass is 452 g/mol. The number of nitrogens with two attached hydrogens (primary N) is 1. The van der Waals surface area contributed by atoms with E-state index in [1.165, 1.54) is 11.3 Å². The minimum absolute atomic E-state index is 0.233. The Bertz CT molecular complexity index is 727. The summed E-state index contributed by atoms with van der Waals surface area (Å²) in [6, 6.07) is 8.80. The lowest BCUT2D eigenvalue weighted by Crippen LogP contribution is -2.26. The molecule has 0 spiro atoms. The lowest BCUT2D eigenvalue weighted by atomic mass is 10.1. The van der Waals surface area contributed by atoms with Gasteiger partial charge in [-0.3, -0.25) is 0 Å². The summed E-state index contributed by atoms with van der Waals surface area (Å²) in [7, 11) is -3.59. The Morgan fingerprint density at radius 2 is 1.90 bits per heavy atom. The van der Waals surface area contributed by atoms with Crippen molar-refractivity contribution in [2.45, 2.75) is 24.4 Å². The highest BCUT2D eigenvalue weighted by molar-refractivity contribution is 9.11. The van der Waals surface area contributed by atoms with E-state index in [-0.39, 0.29) is 10.9 Å². The summed E-state index contributed by atoms with van der Waals surface area (Å²) >= 11 is 7.98. The van der Waals surface area contributed by atoms with Gasteiger partial charge < -0.3 is 5.73 Å². The molecule has 114 valence electrons. The maximum absolute atomic E-state index is 12.4. The second-order valence-corrected chi connectivity index (χ2v) is 9.50. The van der Waals surface area contributed by atoms with Crippen LogP contribution in [0.2, 0.25) is 0 Å². The van der Waals surface area contributed by atoms with Gasteiger partial charge in [0.1, 0.15) is 4.90 Å². The van der Waals surface area contributed by atoms with Gasteiger partial charge in [0, 0.05) is 21.9 Å². The molecule has 0 radical (unpaired) electrons. The highest BCUT2D eigenvalue weighted by Gasteiger charge is 2.23. The van der Waals surface area contributed by atoms with Crippen LogP contribution in [0.15, 0.2) is 43.5 Å². The number of rotatable bonds is 5. The highest BCUT2D eigenvalue weighted by atomic mass is 79.9. The lowest BCUT2D eigenvalue weighted by molar-refractivity contribution is 0.567. The van der Waals surface area contributed by atoms with E-state index >= 15 is 0 Å². The molecule has 21 heavy (non-hydrogen) atoms. The fourth-order valence-electron chi connectivity index (χ4n) is 1.80. The van der Waals surface area contributed by atoms with Crippen LogP contribution in [0.4, 0.5) is 0 Å². The molecule has 0 saturated carbocycles. The van der Waals surface area contributed by atoms with Crippen LogP contribution in [0.1, 0.15) is 23.4 Å². The van der Waals surface area contributed by atoms with Crippen LogP contribution in [-0.4, -0.2) is 8.42 Å². The van der Waals surface area contributed by atoms with Crippen LogP contribution < -0.4 is 10.5 Å². The molecule has 0 aliphatic heterocycles. The quantitative estimate of drug-likeness (QED) is 0.723. The van der Waals surface area contributed by atoms with Crippen molar-refractivity contribution < 1.29 is 8.42 Å². The largest absolute Gasteiger partial charge is 0.326 e. The Labute approximate surface area is 145 Å². The standard InChI is InChI=1S/C13H14Br2N2O2S2/c1-8(9-2-4-10(14)5-3-9)17-21(18,19)12-6-11(7-16)20-13(12)15/h2-6,8,17H,7,16H2,1H3. The Balaban J connectivity index is 2.24. The molecule has 2 rings (SSSR count). The van der Waals surface area contributed by atoms with Gasteiger partial charge in [-0.25, -0.2) is 13.1 Å². The summed E-state index contributed by atoms with van der Waals surface area (Å²) in [6.45, 7) is 2.13. The second kappa shape index (κ2) is 6.89.